The molecule has 2 N–H and O–H groups in total. The van der Waals surface area contributed by atoms with Crippen LogP contribution in [0.1, 0.15) is 66.2 Å². The summed E-state index contributed by atoms with van der Waals surface area (Å²) in [6, 6.07) is 0.293. The van der Waals surface area contributed by atoms with Crippen LogP contribution in [0.4, 0.5) is 0 Å². The molecule has 1 amide bonds. The van der Waals surface area contributed by atoms with Gasteiger partial charge in [0.1, 0.15) is 0 Å². The van der Waals surface area contributed by atoms with Crippen molar-refractivity contribution < 1.29 is 9.53 Å². The predicted molar refractivity (Wildman–Crippen MR) is 94.4 cm³/mol. The van der Waals surface area contributed by atoms with Crippen molar-refractivity contribution in [3.8, 4) is 0 Å². The van der Waals surface area contributed by atoms with Crippen molar-refractivity contribution in [1.29, 1.82) is 0 Å². The fraction of sp³-hybridized carbons (Fsp3) is 0.947. The van der Waals surface area contributed by atoms with Crippen LogP contribution < -0.4 is 10.6 Å². The molecular weight excluding hydrogens is 288 g/mol. The Labute approximate surface area is 142 Å². The molecule has 2 aliphatic rings. The number of rotatable bonds is 8. The molecule has 1 aliphatic heterocycles. The number of hydrogen-bond donors (Lipinski definition) is 2. The van der Waals surface area contributed by atoms with Gasteiger partial charge in [-0.15, -0.1) is 0 Å². The molecule has 134 valence electrons. The predicted octanol–water partition coefficient (Wildman–Crippen LogP) is 3.11. The molecule has 23 heavy (non-hydrogen) atoms. The third-order valence-electron chi connectivity index (χ3n) is 6.50. The molecule has 1 saturated carbocycles. The lowest BCUT2D eigenvalue weighted by atomic mass is 9.58. The minimum Gasteiger partial charge on any atom is -0.378 e. The largest absolute Gasteiger partial charge is 0.378 e. The van der Waals surface area contributed by atoms with Crippen molar-refractivity contribution in [3.63, 3.8) is 0 Å². The van der Waals surface area contributed by atoms with E-state index in [0.717, 1.165) is 39.0 Å². The van der Waals surface area contributed by atoms with E-state index in [1.165, 1.54) is 12.8 Å². The molecule has 2 rings (SSSR count). The number of hydrogen-bond acceptors (Lipinski definition) is 3. The summed E-state index contributed by atoms with van der Waals surface area (Å²) in [5.41, 5.74) is 0.143. The first kappa shape index (κ1) is 18.7. The van der Waals surface area contributed by atoms with E-state index in [4.69, 9.17) is 4.74 Å². The van der Waals surface area contributed by atoms with Gasteiger partial charge in [-0.3, -0.25) is 4.79 Å². The topological polar surface area (TPSA) is 50.4 Å². The normalized spacial score (nSPS) is 28.9. The molecule has 1 heterocycles. The average molecular weight is 325 g/mol. The van der Waals surface area contributed by atoms with Crippen molar-refractivity contribution in [2.75, 3.05) is 19.7 Å². The molecule has 0 aromatic heterocycles. The number of ether oxygens (including phenoxy) is 1. The van der Waals surface area contributed by atoms with Gasteiger partial charge in [-0.2, -0.15) is 0 Å². The smallest absolute Gasteiger partial charge is 0.220 e. The lowest BCUT2D eigenvalue weighted by molar-refractivity contribution is -0.149. The SMILES string of the molecule is CCOC1CC(NC(=O)CC(C)C2CCNCC2)C1(CC)CC. The molecule has 4 heteroatoms. The van der Waals surface area contributed by atoms with Crippen LogP contribution >= 0.6 is 0 Å². The third-order valence-corrected chi connectivity index (χ3v) is 6.50. The monoisotopic (exact) mass is 324 g/mol. The lowest BCUT2D eigenvalue weighted by Crippen LogP contribution is -2.64. The number of piperidine rings is 1. The second-order valence-electron chi connectivity index (χ2n) is 7.51. The Hall–Kier alpha value is -0.610. The quantitative estimate of drug-likeness (QED) is 0.721. The fourth-order valence-corrected chi connectivity index (χ4v) is 4.71. The highest BCUT2D eigenvalue weighted by molar-refractivity contribution is 5.76. The van der Waals surface area contributed by atoms with Crippen LogP contribution in [-0.2, 0) is 9.53 Å². The summed E-state index contributed by atoms with van der Waals surface area (Å²) in [5.74, 6) is 1.42. The summed E-state index contributed by atoms with van der Waals surface area (Å²) in [5, 5.41) is 6.73. The number of carbonyl (C=O) groups is 1. The first-order valence-electron chi connectivity index (χ1n) is 9.69. The second-order valence-corrected chi connectivity index (χ2v) is 7.51. The van der Waals surface area contributed by atoms with Crippen LogP contribution in [0.25, 0.3) is 0 Å². The molecule has 4 nitrogen and oxygen atoms in total. The first-order valence-corrected chi connectivity index (χ1v) is 9.69. The molecule has 2 fully saturated rings. The molecule has 0 aromatic rings. The maximum Gasteiger partial charge on any atom is 0.220 e. The van der Waals surface area contributed by atoms with Crippen LogP contribution in [0, 0.1) is 17.3 Å². The first-order chi connectivity index (χ1) is 11.1. The number of carbonyl (C=O) groups excluding carboxylic acids is 1. The van der Waals surface area contributed by atoms with Crippen LogP contribution in [0.3, 0.4) is 0 Å². The summed E-state index contributed by atoms with van der Waals surface area (Å²) >= 11 is 0. The summed E-state index contributed by atoms with van der Waals surface area (Å²) in [7, 11) is 0. The molecule has 0 spiro atoms. The standard InChI is InChI=1S/C19H36N2O2/c1-5-19(6-2)16(13-17(19)23-7-3)21-18(22)12-14(4)15-8-10-20-11-9-15/h14-17,20H,5-13H2,1-4H3,(H,21,22). The molecular formula is C19H36N2O2. The number of nitrogens with one attached hydrogen (secondary N) is 2. The summed E-state index contributed by atoms with van der Waals surface area (Å²) in [6.45, 7) is 11.7. The second kappa shape index (κ2) is 8.48. The summed E-state index contributed by atoms with van der Waals surface area (Å²) < 4.78 is 5.91. The molecule has 3 unspecified atom stereocenters. The van der Waals surface area contributed by atoms with Gasteiger partial charge in [0, 0.05) is 24.5 Å². The van der Waals surface area contributed by atoms with E-state index in [0.29, 0.717) is 30.4 Å². The minimum atomic E-state index is 0.143. The highest BCUT2D eigenvalue weighted by atomic mass is 16.5. The highest BCUT2D eigenvalue weighted by Gasteiger charge is 2.53. The Morgan fingerprint density at radius 2 is 1.91 bits per heavy atom. The van der Waals surface area contributed by atoms with Crippen molar-refractivity contribution in [1.82, 2.24) is 10.6 Å². The van der Waals surface area contributed by atoms with E-state index in [2.05, 4.69) is 38.3 Å². The molecule has 1 saturated heterocycles. The van der Waals surface area contributed by atoms with Crippen LogP contribution in [0.2, 0.25) is 0 Å². The van der Waals surface area contributed by atoms with Gasteiger partial charge in [0.15, 0.2) is 0 Å². The molecule has 1 aliphatic carbocycles. The molecule has 0 radical (unpaired) electrons. The lowest BCUT2D eigenvalue weighted by Gasteiger charge is -2.55. The van der Waals surface area contributed by atoms with Crippen molar-refractivity contribution in [2.45, 2.75) is 78.4 Å². The van der Waals surface area contributed by atoms with Gasteiger partial charge >= 0.3 is 0 Å². The minimum absolute atomic E-state index is 0.143. The summed E-state index contributed by atoms with van der Waals surface area (Å²) in [4.78, 5) is 12.5. The number of amides is 1. The zero-order chi connectivity index (χ0) is 16.9. The zero-order valence-corrected chi connectivity index (χ0v) is 15.5. The molecule has 0 aromatic carbocycles. The maximum atomic E-state index is 12.5. The summed E-state index contributed by atoms with van der Waals surface area (Å²) in [6.07, 6.45) is 6.52. The van der Waals surface area contributed by atoms with E-state index in [1.54, 1.807) is 0 Å². The van der Waals surface area contributed by atoms with Crippen LogP contribution in [-0.4, -0.2) is 37.7 Å². The van der Waals surface area contributed by atoms with Crippen LogP contribution in [0.5, 0.6) is 0 Å². The van der Waals surface area contributed by atoms with Gasteiger partial charge in [-0.05, 0) is 64.0 Å². The van der Waals surface area contributed by atoms with E-state index in [9.17, 15) is 4.79 Å². The van der Waals surface area contributed by atoms with Crippen molar-refractivity contribution in [3.05, 3.63) is 0 Å². The third kappa shape index (κ3) is 4.08. The van der Waals surface area contributed by atoms with Gasteiger partial charge in [-0.25, -0.2) is 0 Å². The van der Waals surface area contributed by atoms with Crippen molar-refractivity contribution >= 4 is 5.91 Å². The van der Waals surface area contributed by atoms with Gasteiger partial charge in [0.2, 0.25) is 5.91 Å². The average Bonchev–Trinajstić information content (AvgIpc) is 2.56. The Kier molecular flexibility index (Phi) is 6.90. The van der Waals surface area contributed by atoms with Crippen molar-refractivity contribution in [2.24, 2.45) is 17.3 Å². The molecule has 3 atom stereocenters. The van der Waals surface area contributed by atoms with Gasteiger partial charge < -0.3 is 15.4 Å². The van der Waals surface area contributed by atoms with E-state index in [1.807, 2.05) is 0 Å². The van der Waals surface area contributed by atoms with Crippen LogP contribution in [0.15, 0.2) is 0 Å². The Morgan fingerprint density at radius 1 is 1.26 bits per heavy atom. The van der Waals surface area contributed by atoms with Gasteiger partial charge in [0.05, 0.1) is 6.10 Å². The highest BCUT2D eigenvalue weighted by Crippen LogP contribution is 2.49. The zero-order valence-electron chi connectivity index (χ0n) is 15.5. The van der Waals surface area contributed by atoms with Gasteiger partial charge in [0.25, 0.3) is 0 Å². The Morgan fingerprint density at radius 3 is 2.48 bits per heavy atom. The van der Waals surface area contributed by atoms with Gasteiger partial charge in [-0.1, -0.05) is 20.8 Å². The Balaban J connectivity index is 1.84. The maximum absolute atomic E-state index is 12.5. The fourth-order valence-electron chi connectivity index (χ4n) is 4.71. The Bertz CT molecular complexity index is 376. The van der Waals surface area contributed by atoms with E-state index < -0.39 is 0 Å². The van der Waals surface area contributed by atoms with E-state index >= 15 is 0 Å². The molecule has 0 bridgehead atoms. The van der Waals surface area contributed by atoms with E-state index in [-0.39, 0.29) is 11.3 Å².